The van der Waals surface area contributed by atoms with E-state index in [1.807, 2.05) is 24.3 Å². The van der Waals surface area contributed by atoms with Gasteiger partial charge in [0.25, 0.3) is 0 Å². The average molecular weight is 476 g/mol. The maximum Gasteiger partial charge on any atom is 0.183 e. The first-order valence-corrected chi connectivity index (χ1v) is 12.1. The standard InChI is InChI=1S/C24H27ClFN3O2S/c1-16-22(14-29-9-11-31-12-10-29)27-24(32-15-17-3-6-19(30-2)7-4-17)28-23(16)20-8-5-18(26)13-21(20)25/h3-8,13,16,23H,9-12,14-15H2,1-2H3. The molecule has 8 heteroatoms. The maximum absolute atomic E-state index is 13.7. The highest BCUT2D eigenvalue weighted by atomic mass is 35.5. The summed E-state index contributed by atoms with van der Waals surface area (Å²) in [5.41, 5.74) is 3.07. The van der Waals surface area contributed by atoms with Crippen molar-refractivity contribution >= 4 is 34.2 Å². The summed E-state index contributed by atoms with van der Waals surface area (Å²) in [5.74, 6) is 1.29. The van der Waals surface area contributed by atoms with E-state index in [0.29, 0.717) is 5.02 Å². The van der Waals surface area contributed by atoms with Gasteiger partial charge in [-0.25, -0.2) is 9.38 Å². The predicted octanol–water partition coefficient (Wildman–Crippen LogP) is 5.24. The summed E-state index contributed by atoms with van der Waals surface area (Å²) in [6.45, 7) is 6.14. The topological polar surface area (TPSA) is 46.4 Å². The number of thioether (sulfide) groups is 1. The molecule has 2 aromatic rings. The van der Waals surface area contributed by atoms with Crippen molar-refractivity contribution in [2.45, 2.75) is 18.7 Å². The summed E-state index contributed by atoms with van der Waals surface area (Å²) < 4.78 is 24.4. The van der Waals surface area contributed by atoms with Gasteiger partial charge in [-0.2, -0.15) is 0 Å². The molecular weight excluding hydrogens is 449 g/mol. The van der Waals surface area contributed by atoms with E-state index in [9.17, 15) is 4.39 Å². The number of morpholine rings is 1. The first-order valence-electron chi connectivity index (χ1n) is 10.7. The number of nitrogens with zero attached hydrogens (tertiary/aromatic N) is 3. The maximum atomic E-state index is 13.7. The third-order valence-electron chi connectivity index (χ3n) is 5.79. The highest BCUT2D eigenvalue weighted by Crippen LogP contribution is 2.37. The van der Waals surface area contributed by atoms with E-state index in [2.05, 4.69) is 11.8 Å². The molecular formula is C24H27ClFN3O2S. The number of rotatable bonds is 6. The van der Waals surface area contributed by atoms with E-state index in [0.717, 1.165) is 60.8 Å². The van der Waals surface area contributed by atoms with Crippen LogP contribution in [0.2, 0.25) is 5.02 Å². The Morgan fingerprint density at radius 2 is 1.94 bits per heavy atom. The third kappa shape index (κ3) is 5.70. The summed E-state index contributed by atoms with van der Waals surface area (Å²) in [4.78, 5) is 12.2. The highest BCUT2D eigenvalue weighted by Gasteiger charge is 2.31. The van der Waals surface area contributed by atoms with Crippen molar-refractivity contribution in [3.8, 4) is 5.75 Å². The molecule has 2 atom stereocenters. The van der Waals surface area contributed by atoms with Crippen LogP contribution in [0.4, 0.5) is 4.39 Å². The Bertz CT molecular complexity index is 993. The van der Waals surface area contributed by atoms with E-state index >= 15 is 0 Å². The molecule has 0 spiro atoms. The Balaban J connectivity index is 1.57. The second-order valence-corrected chi connectivity index (χ2v) is 9.29. The van der Waals surface area contributed by atoms with Crippen molar-refractivity contribution < 1.29 is 13.9 Å². The van der Waals surface area contributed by atoms with E-state index < -0.39 is 0 Å². The molecule has 2 aliphatic heterocycles. The summed E-state index contributed by atoms with van der Waals surface area (Å²) in [6.07, 6.45) is 0. The number of methoxy groups -OCH3 is 1. The molecule has 4 rings (SSSR count). The van der Waals surface area contributed by atoms with Crippen LogP contribution >= 0.6 is 23.4 Å². The van der Waals surface area contributed by atoms with Crippen LogP contribution in [0.25, 0.3) is 0 Å². The van der Waals surface area contributed by atoms with E-state index in [-0.39, 0.29) is 17.8 Å². The van der Waals surface area contributed by atoms with Crippen molar-refractivity contribution in [3.63, 3.8) is 0 Å². The number of amidine groups is 1. The molecule has 170 valence electrons. The molecule has 0 amide bonds. The van der Waals surface area contributed by atoms with Gasteiger partial charge in [0, 0.05) is 42.0 Å². The molecule has 2 unspecified atom stereocenters. The molecule has 1 fully saturated rings. The molecule has 0 aliphatic carbocycles. The lowest BCUT2D eigenvalue weighted by Gasteiger charge is -2.32. The fourth-order valence-electron chi connectivity index (χ4n) is 3.85. The predicted molar refractivity (Wildman–Crippen MR) is 130 cm³/mol. The third-order valence-corrected chi connectivity index (χ3v) is 7.05. The SMILES string of the molecule is COc1ccc(CSC2=NC(c3ccc(F)cc3Cl)C(C)C(CN3CCOCC3)=N2)cc1. The number of ether oxygens (including phenoxy) is 2. The molecule has 2 aliphatic rings. The van der Waals surface area contributed by atoms with Crippen LogP contribution in [0.15, 0.2) is 52.4 Å². The van der Waals surface area contributed by atoms with Crippen LogP contribution in [-0.4, -0.2) is 55.7 Å². The zero-order valence-electron chi connectivity index (χ0n) is 18.3. The largest absolute Gasteiger partial charge is 0.497 e. The van der Waals surface area contributed by atoms with Gasteiger partial charge in [0.15, 0.2) is 5.17 Å². The molecule has 0 N–H and O–H groups in total. The molecule has 2 aromatic carbocycles. The molecule has 0 aromatic heterocycles. The lowest BCUT2D eigenvalue weighted by atomic mass is 9.89. The number of halogens is 2. The summed E-state index contributed by atoms with van der Waals surface area (Å²) in [6, 6.07) is 12.3. The molecule has 1 saturated heterocycles. The second-order valence-electron chi connectivity index (χ2n) is 7.94. The Morgan fingerprint density at radius 3 is 2.62 bits per heavy atom. The van der Waals surface area contributed by atoms with Gasteiger partial charge in [0.1, 0.15) is 11.6 Å². The highest BCUT2D eigenvalue weighted by molar-refractivity contribution is 8.13. The number of hydrogen-bond acceptors (Lipinski definition) is 6. The summed E-state index contributed by atoms with van der Waals surface area (Å²) in [7, 11) is 1.66. The van der Waals surface area contributed by atoms with Crippen LogP contribution in [0.5, 0.6) is 5.75 Å². The number of aliphatic imine (C=N–C) groups is 2. The van der Waals surface area contributed by atoms with Crippen LogP contribution in [0, 0.1) is 11.7 Å². The van der Waals surface area contributed by atoms with Gasteiger partial charge in [-0.15, -0.1) is 0 Å². The van der Waals surface area contributed by atoms with Gasteiger partial charge >= 0.3 is 0 Å². The van der Waals surface area contributed by atoms with Gasteiger partial charge in [0.2, 0.25) is 0 Å². The van der Waals surface area contributed by atoms with Gasteiger partial charge in [-0.3, -0.25) is 9.89 Å². The van der Waals surface area contributed by atoms with E-state index in [1.165, 1.54) is 17.7 Å². The Labute approximate surface area is 197 Å². The fourth-order valence-corrected chi connectivity index (χ4v) is 4.99. The van der Waals surface area contributed by atoms with Crippen LogP contribution in [0.1, 0.15) is 24.1 Å². The molecule has 32 heavy (non-hydrogen) atoms. The average Bonchev–Trinajstić information content (AvgIpc) is 2.81. The van der Waals surface area contributed by atoms with Gasteiger partial charge in [-0.1, -0.05) is 48.5 Å². The summed E-state index contributed by atoms with van der Waals surface area (Å²) in [5, 5.41) is 1.13. The van der Waals surface area contributed by atoms with Crippen molar-refractivity contribution in [2.24, 2.45) is 15.9 Å². The molecule has 0 saturated carbocycles. The fraction of sp³-hybridized carbons (Fsp3) is 0.417. The zero-order chi connectivity index (χ0) is 22.5. The molecule has 0 bridgehead atoms. The number of benzene rings is 2. The minimum atomic E-state index is -0.345. The smallest absolute Gasteiger partial charge is 0.183 e. The Morgan fingerprint density at radius 1 is 1.19 bits per heavy atom. The van der Waals surface area contributed by atoms with Crippen molar-refractivity contribution in [2.75, 3.05) is 40.0 Å². The van der Waals surface area contributed by atoms with Crippen molar-refractivity contribution in [1.82, 2.24) is 4.90 Å². The quantitative estimate of drug-likeness (QED) is 0.573. The summed E-state index contributed by atoms with van der Waals surface area (Å²) >= 11 is 8.02. The van der Waals surface area contributed by atoms with Crippen LogP contribution < -0.4 is 4.74 Å². The van der Waals surface area contributed by atoms with E-state index in [4.69, 9.17) is 31.1 Å². The van der Waals surface area contributed by atoms with Gasteiger partial charge < -0.3 is 9.47 Å². The van der Waals surface area contributed by atoms with Crippen molar-refractivity contribution in [1.29, 1.82) is 0 Å². The molecule has 2 heterocycles. The second kappa shape index (κ2) is 10.8. The minimum Gasteiger partial charge on any atom is -0.497 e. The zero-order valence-corrected chi connectivity index (χ0v) is 19.8. The lowest BCUT2D eigenvalue weighted by Crippen LogP contribution is -2.42. The first kappa shape index (κ1) is 23.2. The Hall–Kier alpha value is -1.93. The molecule has 0 radical (unpaired) electrons. The minimum absolute atomic E-state index is 0.0612. The molecule has 5 nitrogen and oxygen atoms in total. The number of hydrogen-bond donors (Lipinski definition) is 0. The van der Waals surface area contributed by atoms with Gasteiger partial charge in [0.05, 0.1) is 26.4 Å². The normalized spacial score (nSPS) is 21.8. The monoisotopic (exact) mass is 475 g/mol. The van der Waals surface area contributed by atoms with E-state index in [1.54, 1.807) is 24.9 Å². The van der Waals surface area contributed by atoms with Gasteiger partial charge in [-0.05, 0) is 35.4 Å². The van der Waals surface area contributed by atoms with Crippen LogP contribution in [0.3, 0.4) is 0 Å². The lowest BCUT2D eigenvalue weighted by molar-refractivity contribution is 0.0448. The first-order chi connectivity index (χ1) is 15.5. The Kier molecular flexibility index (Phi) is 7.84. The van der Waals surface area contributed by atoms with Crippen LogP contribution in [-0.2, 0) is 10.5 Å². The van der Waals surface area contributed by atoms with Crippen molar-refractivity contribution in [3.05, 3.63) is 64.4 Å².